The van der Waals surface area contributed by atoms with Crippen LogP contribution in [0, 0.1) is 17.0 Å². The van der Waals surface area contributed by atoms with Crippen molar-refractivity contribution in [3.8, 4) is 11.5 Å². The molecule has 2 aromatic rings. The number of rotatable bonds is 4. The summed E-state index contributed by atoms with van der Waals surface area (Å²) < 4.78 is 5.91. The van der Waals surface area contributed by atoms with Crippen LogP contribution in [-0.2, 0) is 11.2 Å². The molecule has 1 aliphatic heterocycles. The Hall–Kier alpha value is -2.87. The summed E-state index contributed by atoms with van der Waals surface area (Å²) in [7, 11) is 0. The normalized spacial score (nSPS) is 21.1. The highest BCUT2D eigenvalue weighted by Gasteiger charge is 2.41. The highest BCUT2D eigenvalue weighted by molar-refractivity contribution is 8.15. The number of fused-ring (bicyclic) bond motifs is 1. The number of non-ortho nitro benzene ring substituents is 1. The first-order valence-corrected chi connectivity index (χ1v) is 9.37. The first kappa shape index (κ1) is 17.5. The van der Waals surface area contributed by atoms with Gasteiger partial charge in [0.25, 0.3) is 10.9 Å². The van der Waals surface area contributed by atoms with Crippen LogP contribution in [-0.4, -0.2) is 21.3 Å². The number of nitrogens with one attached hydrogen (secondary N) is 1. The Kier molecular flexibility index (Phi) is 4.35. The minimum absolute atomic E-state index is 0.0200. The molecule has 7 nitrogen and oxygen atoms in total. The number of aryl methyl sites for hydroxylation is 2. The monoisotopic (exact) mass is 384 g/mol. The van der Waals surface area contributed by atoms with E-state index in [1.54, 1.807) is 13.0 Å². The Labute approximate surface area is 159 Å². The molecule has 0 aromatic heterocycles. The van der Waals surface area contributed by atoms with E-state index in [-0.39, 0.29) is 28.0 Å². The second-order valence-electron chi connectivity index (χ2n) is 6.63. The minimum Gasteiger partial charge on any atom is -0.457 e. The Morgan fingerprint density at radius 3 is 2.70 bits per heavy atom. The van der Waals surface area contributed by atoms with Crippen molar-refractivity contribution in [3.05, 3.63) is 63.2 Å². The minimum atomic E-state index is -0.436. The van der Waals surface area contributed by atoms with Crippen molar-refractivity contribution in [3.63, 3.8) is 0 Å². The number of carbonyl (C=O) groups excluding carboxylic acids is 2. The number of ether oxygens (including phenoxy) is 1. The Bertz CT molecular complexity index is 975. The largest absolute Gasteiger partial charge is 0.457 e. The average molecular weight is 384 g/mol. The third kappa shape index (κ3) is 3.28. The van der Waals surface area contributed by atoms with E-state index in [0.717, 1.165) is 35.7 Å². The maximum atomic E-state index is 12.0. The number of carbonyl (C=O) groups is 2. The molecule has 0 saturated carbocycles. The molecular formula is C19H16N2O5S. The van der Waals surface area contributed by atoms with Crippen LogP contribution in [0.1, 0.15) is 29.0 Å². The van der Waals surface area contributed by atoms with Crippen LogP contribution in [0.15, 0.2) is 36.4 Å². The molecule has 1 saturated heterocycles. The zero-order valence-electron chi connectivity index (χ0n) is 14.4. The van der Waals surface area contributed by atoms with Crippen molar-refractivity contribution in [1.29, 1.82) is 0 Å². The summed E-state index contributed by atoms with van der Waals surface area (Å²) in [5, 5.41) is 12.5. The molecule has 138 valence electrons. The molecule has 0 spiro atoms. The van der Waals surface area contributed by atoms with Crippen LogP contribution in [0.2, 0.25) is 0 Å². The standard InChI is InChI=1S/C19H16N2O5S/c1-10-8-12(21(24)25)3-7-16(10)26-13-4-6-14-11(9-13)2-5-15(14)17-18(22)20-19(23)27-17/h3-4,6-9,15,17H,2,5H2,1H3,(H,20,22,23)/t15-,17?/m1/s1. The number of benzene rings is 2. The average Bonchev–Trinajstić information content (AvgIpc) is 3.18. The summed E-state index contributed by atoms with van der Waals surface area (Å²) in [4.78, 5) is 33.8. The second kappa shape index (κ2) is 6.70. The van der Waals surface area contributed by atoms with Gasteiger partial charge in [0.2, 0.25) is 5.91 Å². The van der Waals surface area contributed by atoms with Gasteiger partial charge in [0.05, 0.1) is 4.92 Å². The summed E-state index contributed by atoms with van der Waals surface area (Å²) in [5.74, 6) is 1.01. The van der Waals surface area contributed by atoms with Gasteiger partial charge >= 0.3 is 0 Å². The predicted molar refractivity (Wildman–Crippen MR) is 100 cm³/mol. The van der Waals surface area contributed by atoms with E-state index in [0.29, 0.717) is 17.1 Å². The molecule has 1 N–H and O–H groups in total. The lowest BCUT2D eigenvalue weighted by Crippen LogP contribution is -2.27. The SMILES string of the molecule is Cc1cc([N+](=O)[O-])ccc1Oc1ccc2c(c1)CC[C@H]2C1SC(=O)NC1=O. The first-order chi connectivity index (χ1) is 12.9. The molecule has 2 aliphatic rings. The molecule has 1 aliphatic carbocycles. The Balaban J connectivity index is 1.55. The van der Waals surface area contributed by atoms with E-state index < -0.39 is 4.92 Å². The summed E-state index contributed by atoms with van der Waals surface area (Å²) in [6.45, 7) is 1.76. The Morgan fingerprint density at radius 2 is 2.04 bits per heavy atom. The molecule has 2 atom stereocenters. The van der Waals surface area contributed by atoms with E-state index in [1.807, 2.05) is 18.2 Å². The quantitative estimate of drug-likeness (QED) is 0.630. The number of imide groups is 1. The third-order valence-corrected chi connectivity index (χ3v) is 6.03. The third-order valence-electron chi connectivity index (χ3n) is 4.92. The van der Waals surface area contributed by atoms with Gasteiger partial charge in [0.1, 0.15) is 16.7 Å². The smallest absolute Gasteiger partial charge is 0.286 e. The number of amides is 2. The molecule has 1 unspecified atom stereocenters. The molecule has 1 fully saturated rings. The molecular weight excluding hydrogens is 368 g/mol. The summed E-state index contributed by atoms with van der Waals surface area (Å²) in [6, 6.07) is 10.2. The van der Waals surface area contributed by atoms with E-state index in [1.165, 1.54) is 12.1 Å². The van der Waals surface area contributed by atoms with Gasteiger partial charge < -0.3 is 4.74 Å². The summed E-state index contributed by atoms with van der Waals surface area (Å²) in [6.07, 6.45) is 1.63. The molecule has 2 aromatic carbocycles. The van der Waals surface area contributed by atoms with Crippen LogP contribution in [0.3, 0.4) is 0 Å². The van der Waals surface area contributed by atoms with Gasteiger partial charge in [-0.1, -0.05) is 17.8 Å². The zero-order chi connectivity index (χ0) is 19.1. The van der Waals surface area contributed by atoms with Gasteiger partial charge in [-0.3, -0.25) is 25.0 Å². The van der Waals surface area contributed by atoms with Crippen LogP contribution in [0.25, 0.3) is 0 Å². The van der Waals surface area contributed by atoms with Gasteiger partial charge in [-0.2, -0.15) is 0 Å². The maximum Gasteiger partial charge on any atom is 0.286 e. The number of hydrogen-bond acceptors (Lipinski definition) is 6. The summed E-state index contributed by atoms with van der Waals surface area (Å²) >= 11 is 1.06. The second-order valence-corrected chi connectivity index (χ2v) is 7.74. The van der Waals surface area contributed by atoms with Crippen molar-refractivity contribution < 1.29 is 19.2 Å². The van der Waals surface area contributed by atoms with Crippen molar-refractivity contribution in [1.82, 2.24) is 5.32 Å². The van der Waals surface area contributed by atoms with Gasteiger partial charge in [-0.05, 0) is 54.7 Å². The van der Waals surface area contributed by atoms with E-state index in [2.05, 4.69) is 5.32 Å². The maximum absolute atomic E-state index is 12.0. The molecule has 8 heteroatoms. The lowest BCUT2D eigenvalue weighted by atomic mass is 9.97. The van der Waals surface area contributed by atoms with Gasteiger partial charge in [-0.25, -0.2) is 0 Å². The first-order valence-electron chi connectivity index (χ1n) is 8.49. The highest BCUT2D eigenvalue weighted by atomic mass is 32.2. The molecule has 27 heavy (non-hydrogen) atoms. The van der Waals surface area contributed by atoms with Crippen molar-refractivity contribution in [2.24, 2.45) is 0 Å². The fourth-order valence-corrected chi connectivity index (χ4v) is 4.63. The van der Waals surface area contributed by atoms with Crippen LogP contribution < -0.4 is 10.1 Å². The molecule has 0 radical (unpaired) electrons. The van der Waals surface area contributed by atoms with Gasteiger partial charge in [-0.15, -0.1) is 0 Å². The lowest BCUT2D eigenvalue weighted by Gasteiger charge is -2.16. The van der Waals surface area contributed by atoms with Gasteiger partial charge in [0.15, 0.2) is 0 Å². The number of thioether (sulfide) groups is 1. The van der Waals surface area contributed by atoms with Crippen LogP contribution in [0.4, 0.5) is 10.5 Å². The highest BCUT2D eigenvalue weighted by Crippen LogP contribution is 2.43. The molecule has 0 bridgehead atoms. The number of hydrogen-bond donors (Lipinski definition) is 1. The van der Waals surface area contributed by atoms with Crippen molar-refractivity contribution >= 4 is 28.6 Å². The Morgan fingerprint density at radius 1 is 1.22 bits per heavy atom. The van der Waals surface area contributed by atoms with Crippen LogP contribution >= 0.6 is 11.8 Å². The van der Waals surface area contributed by atoms with Crippen molar-refractivity contribution in [2.75, 3.05) is 0 Å². The lowest BCUT2D eigenvalue weighted by molar-refractivity contribution is -0.384. The topological polar surface area (TPSA) is 98.5 Å². The number of nitrogens with zero attached hydrogens (tertiary/aromatic N) is 1. The molecule has 2 amide bonds. The fourth-order valence-electron chi connectivity index (χ4n) is 3.63. The fraction of sp³-hybridized carbons (Fsp3) is 0.263. The summed E-state index contributed by atoms with van der Waals surface area (Å²) in [5.41, 5.74) is 2.88. The van der Waals surface area contributed by atoms with E-state index in [9.17, 15) is 19.7 Å². The molecule has 1 heterocycles. The van der Waals surface area contributed by atoms with E-state index in [4.69, 9.17) is 4.74 Å². The van der Waals surface area contributed by atoms with Crippen molar-refractivity contribution in [2.45, 2.75) is 30.9 Å². The van der Waals surface area contributed by atoms with E-state index >= 15 is 0 Å². The van der Waals surface area contributed by atoms with Crippen LogP contribution in [0.5, 0.6) is 11.5 Å². The molecule has 4 rings (SSSR count). The number of nitro benzene ring substituents is 1. The predicted octanol–water partition coefficient (Wildman–Crippen LogP) is 4.08. The number of nitro groups is 1. The van der Waals surface area contributed by atoms with Gasteiger partial charge in [0, 0.05) is 18.1 Å². The zero-order valence-corrected chi connectivity index (χ0v) is 15.2.